The molecule has 0 radical (unpaired) electrons. The van der Waals surface area contributed by atoms with E-state index in [4.69, 9.17) is 0 Å². The van der Waals surface area contributed by atoms with Crippen LogP contribution in [0.25, 0.3) is 0 Å². The predicted molar refractivity (Wildman–Crippen MR) is 99.3 cm³/mol. The maximum Gasteiger partial charge on any atom is 0.126 e. The number of pyridine rings is 2. The van der Waals surface area contributed by atoms with Crippen LogP contribution in [-0.4, -0.2) is 34.5 Å². The minimum Gasteiger partial charge on any atom is -0.368 e. The van der Waals surface area contributed by atoms with E-state index in [0.29, 0.717) is 5.56 Å². The van der Waals surface area contributed by atoms with Crippen LogP contribution in [-0.2, 0) is 0 Å². The second-order valence-corrected chi connectivity index (χ2v) is 6.68. The maximum atomic E-state index is 9.20. The molecule has 0 bridgehead atoms. The summed E-state index contributed by atoms with van der Waals surface area (Å²) in [6.45, 7) is 6.88. The van der Waals surface area contributed by atoms with E-state index in [2.05, 4.69) is 32.3 Å². The zero-order chi connectivity index (χ0) is 17.6. The zero-order valence-corrected chi connectivity index (χ0v) is 15.0. The van der Waals surface area contributed by atoms with Gasteiger partial charge >= 0.3 is 0 Å². The second-order valence-electron chi connectivity index (χ2n) is 6.68. The number of rotatable bonds is 5. The third-order valence-corrected chi connectivity index (χ3v) is 4.89. The summed E-state index contributed by atoms with van der Waals surface area (Å²) >= 11 is 0. The molecule has 3 heterocycles. The summed E-state index contributed by atoms with van der Waals surface area (Å²) in [6, 6.07) is 8.62. The Balaban J connectivity index is 1.78. The summed E-state index contributed by atoms with van der Waals surface area (Å²) < 4.78 is 0. The van der Waals surface area contributed by atoms with E-state index in [9.17, 15) is 5.26 Å². The summed E-state index contributed by atoms with van der Waals surface area (Å²) in [7, 11) is 0. The monoisotopic (exact) mass is 335 g/mol. The summed E-state index contributed by atoms with van der Waals surface area (Å²) in [6.07, 6.45) is 7.61. The Labute approximate surface area is 149 Å². The average Bonchev–Trinajstić information content (AvgIpc) is 2.63. The van der Waals surface area contributed by atoms with Gasteiger partial charge in [-0.2, -0.15) is 5.26 Å². The van der Waals surface area contributed by atoms with Crippen molar-refractivity contribution in [1.82, 2.24) is 14.9 Å². The Kier molecular flexibility index (Phi) is 5.62. The van der Waals surface area contributed by atoms with Crippen molar-refractivity contribution in [2.75, 3.05) is 25.0 Å². The Bertz CT molecular complexity index is 721. The topological polar surface area (TPSA) is 64.8 Å². The maximum absolute atomic E-state index is 9.20. The van der Waals surface area contributed by atoms with Crippen molar-refractivity contribution in [3.05, 3.63) is 53.0 Å². The van der Waals surface area contributed by atoms with Crippen molar-refractivity contribution in [3.8, 4) is 6.07 Å². The van der Waals surface area contributed by atoms with Crippen LogP contribution in [0.4, 0.5) is 5.82 Å². The molecule has 1 atom stereocenters. The Morgan fingerprint density at radius 3 is 2.72 bits per heavy atom. The first-order valence-corrected chi connectivity index (χ1v) is 8.95. The largest absolute Gasteiger partial charge is 0.368 e. The van der Waals surface area contributed by atoms with Crippen LogP contribution in [0.5, 0.6) is 0 Å². The molecule has 0 aliphatic carbocycles. The van der Waals surface area contributed by atoms with E-state index < -0.39 is 0 Å². The summed E-state index contributed by atoms with van der Waals surface area (Å²) in [5.74, 6) is 0.833. The number of hydrogen-bond donors (Lipinski definition) is 1. The van der Waals surface area contributed by atoms with Gasteiger partial charge in [0.1, 0.15) is 11.9 Å². The lowest BCUT2D eigenvalue weighted by Gasteiger charge is -2.35. The lowest BCUT2D eigenvalue weighted by molar-refractivity contribution is 0.170. The molecule has 2 aromatic rings. The fourth-order valence-corrected chi connectivity index (χ4v) is 3.55. The molecule has 0 aromatic carbocycles. The van der Waals surface area contributed by atoms with Gasteiger partial charge in [0, 0.05) is 18.9 Å². The van der Waals surface area contributed by atoms with Crippen molar-refractivity contribution in [2.24, 2.45) is 0 Å². The van der Waals surface area contributed by atoms with Crippen LogP contribution in [0.1, 0.15) is 47.7 Å². The number of nitrogens with zero attached hydrogens (tertiary/aromatic N) is 4. The van der Waals surface area contributed by atoms with E-state index in [1.54, 1.807) is 0 Å². The lowest BCUT2D eigenvalue weighted by atomic mass is 10.0. The molecule has 0 amide bonds. The molecule has 1 aliphatic heterocycles. The highest BCUT2D eigenvalue weighted by Crippen LogP contribution is 2.25. The third kappa shape index (κ3) is 4.15. The number of likely N-dealkylation sites (tertiary alicyclic amines) is 1. The Morgan fingerprint density at radius 1 is 1.28 bits per heavy atom. The number of piperidine rings is 1. The zero-order valence-electron chi connectivity index (χ0n) is 15.0. The number of nitriles is 1. The van der Waals surface area contributed by atoms with Crippen LogP contribution in [0.2, 0.25) is 0 Å². The molecular formula is C20H25N5. The van der Waals surface area contributed by atoms with Gasteiger partial charge in [0.15, 0.2) is 0 Å². The fraction of sp³-hybridized carbons (Fsp3) is 0.450. The van der Waals surface area contributed by atoms with Crippen molar-refractivity contribution < 1.29 is 0 Å². The van der Waals surface area contributed by atoms with Gasteiger partial charge in [0.2, 0.25) is 0 Å². The SMILES string of the molecule is Cc1cc(NCC(c2cccnc2)N2CCCCC2)nc(C)c1C#N. The van der Waals surface area contributed by atoms with Crippen LogP contribution in [0.3, 0.4) is 0 Å². The van der Waals surface area contributed by atoms with Crippen LogP contribution in [0, 0.1) is 25.2 Å². The van der Waals surface area contributed by atoms with Gasteiger partial charge in [0.25, 0.3) is 0 Å². The summed E-state index contributed by atoms with van der Waals surface area (Å²) in [5, 5.41) is 12.7. The smallest absolute Gasteiger partial charge is 0.126 e. The normalized spacial score (nSPS) is 16.2. The number of anilines is 1. The van der Waals surface area contributed by atoms with Gasteiger partial charge in [-0.25, -0.2) is 4.98 Å². The Morgan fingerprint density at radius 2 is 2.08 bits per heavy atom. The second kappa shape index (κ2) is 8.09. The molecule has 1 aliphatic rings. The van der Waals surface area contributed by atoms with Gasteiger partial charge in [0.05, 0.1) is 17.3 Å². The van der Waals surface area contributed by atoms with Gasteiger partial charge < -0.3 is 5.32 Å². The molecule has 5 heteroatoms. The van der Waals surface area contributed by atoms with Crippen LogP contribution >= 0.6 is 0 Å². The summed E-state index contributed by atoms with van der Waals surface area (Å²) in [5.41, 5.74) is 3.65. The van der Waals surface area contributed by atoms with Crippen molar-refractivity contribution >= 4 is 5.82 Å². The molecule has 1 saturated heterocycles. The first-order chi connectivity index (χ1) is 12.2. The average molecular weight is 335 g/mol. The fourth-order valence-electron chi connectivity index (χ4n) is 3.55. The molecule has 25 heavy (non-hydrogen) atoms. The molecule has 1 unspecified atom stereocenters. The van der Waals surface area contributed by atoms with Crippen LogP contribution < -0.4 is 5.32 Å². The van der Waals surface area contributed by atoms with Crippen molar-refractivity contribution in [2.45, 2.75) is 39.2 Å². The molecule has 130 valence electrons. The van der Waals surface area contributed by atoms with Gasteiger partial charge in [-0.15, -0.1) is 0 Å². The van der Waals surface area contributed by atoms with E-state index in [0.717, 1.165) is 36.7 Å². The first-order valence-electron chi connectivity index (χ1n) is 8.95. The molecule has 5 nitrogen and oxygen atoms in total. The predicted octanol–water partition coefficient (Wildman–Crippen LogP) is 3.60. The molecule has 2 aromatic heterocycles. The lowest BCUT2D eigenvalue weighted by Crippen LogP contribution is -2.37. The first kappa shape index (κ1) is 17.4. The third-order valence-electron chi connectivity index (χ3n) is 4.89. The van der Waals surface area contributed by atoms with Gasteiger partial charge in [-0.3, -0.25) is 9.88 Å². The molecule has 0 spiro atoms. The number of aromatic nitrogens is 2. The van der Waals surface area contributed by atoms with E-state index in [1.165, 1.54) is 24.8 Å². The minimum atomic E-state index is 0.284. The molecule has 3 rings (SSSR count). The standard InChI is InChI=1S/C20H25N5/c1-15-11-20(24-16(2)18(15)12-21)23-14-19(17-7-6-8-22-13-17)25-9-4-3-5-10-25/h6-8,11,13,19H,3-5,9-10,14H2,1-2H3,(H,23,24). The van der Waals surface area contributed by atoms with Crippen molar-refractivity contribution in [3.63, 3.8) is 0 Å². The van der Waals surface area contributed by atoms with Gasteiger partial charge in [-0.05, 0) is 63.0 Å². The van der Waals surface area contributed by atoms with Gasteiger partial charge in [-0.1, -0.05) is 12.5 Å². The molecule has 1 fully saturated rings. The quantitative estimate of drug-likeness (QED) is 0.904. The van der Waals surface area contributed by atoms with E-state index in [-0.39, 0.29) is 6.04 Å². The van der Waals surface area contributed by atoms with E-state index >= 15 is 0 Å². The highest BCUT2D eigenvalue weighted by atomic mass is 15.2. The van der Waals surface area contributed by atoms with Crippen molar-refractivity contribution in [1.29, 1.82) is 5.26 Å². The number of hydrogen-bond acceptors (Lipinski definition) is 5. The molecular weight excluding hydrogens is 310 g/mol. The molecule has 1 N–H and O–H groups in total. The number of nitrogens with one attached hydrogen (secondary N) is 1. The summed E-state index contributed by atoms with van der Waals surface area (Å²) in [4.78, 5) is 11.4. The Hall–Kier alpha value is -2.45. The minimum absolute atomic E-state index is 0.284. The van der Waals surface area contributed by atoms with E-state index in [1.807, 2.05) is 38.4 Å². The highest BCUT2D eigenvalue weighted by Gasteiger charge is 2.22. The number of aryl methyl sites for hydroxylation is 2. The molecule has 0 saturated carbocycles. The highest BCUT2D eigenvalue weighted by molar-refractivity contribution is 5.48. The van der Waals surface area contributed by atoms with Crippen LogP contribution in [0.15, 0.2) is 30.6 Å².